The van der Waals surface area contributed by atoms with E-state index < -0.39 is 22.0 Å². The maximum atomic E-state index is 13.3. The Morgan fingerprint density at radius 1 is 0.976 bits per heavy atom. The van der Waals surface area contributed by atoms with E-state index in [2.05, 4.69) is 10.0 Å². The maximum absolute atomic E-state index is 13.3. The van der Waals surface area contributed by atoms with Crippen LogP contribution in [0.5, 0.6) is 0 Å². The van der Waals surface area contributed by atoms with E-state index in [4.69, 9.17) is 11.6 Å². The molecule has 224 valence electrons. The molecule has 4 saturated heterocycles. The fraction of sp³-hybridized carbons (Fsp3) is 0.517. The Balaban J connectivity index is 1.05. The number of hydrogen-bond acceptors (Lipinski definition) is 6. The van der Waals surface area contributed by atoms with Crippen molar-refractivity contribution in [1.29, 1.82) is 0 Å². The molecule has 4 aliphatic rings. The molecule has 2 aromatic rings. The van der Waals surface area contributed by atoms with E-state index >= 15 is 0 Å². The number of amides is 4. The van der Waals surface area contributed by atoms with E-state index in [0.29, 0.717) is 62.5 Å². The zero-order valence-corrected chi connectivity index (χ0v) is 24.7. The highest BCUT2D eigenvalue weighted by Crippen LogP contribution is 2.30. The van der Waals surface area contributed by atoms with E-state index in [1.54, 1.807) is 35.2 Å². The number of sulfonamides is 1. The summed E-state index contributed by atoms with van der Waals surface area (Å²) in [6.45, 7) is 2.78. The van der Waals surface area contributed by atoms with Gasteiger partial charge in [-0.2, -0.15) is 4.72 Å². The average molecular weight is 616 g/mol. The number of nitrogens with one attached hydrogen (secondary N) is 2. The number of piperidine rings is 3. The molecular weight excluding hydrogens is 582 g/mol. The standard InChI is InChI=1S/C29H34ClN5O6S/c30-23-5-3-21-10-24(6-4-20(21)9-23)42(40,41)32-25-2-1-7-33(29(25)39)17-27(37)34-13-18-8-19(14-34)16-35(15-18)28(38)22-11-26(36)31-12-22/h3-6,9-10,18-19,22,25,32H,1-2,7-8,11-17H2,(H,31,36)/t18?,19?,22?,25-/m0/s1. The third-order valence-electron chi connectivity index (χ3n) is 8.81. The van der Waals surface area contributed by atoms with Gasteiger partial charge in [-0.15, -0.1) is 0 Å². The first-order valence-electron chi connectivity index (χ1n) is 14.4. The van der Waals surface area contributed by atoms with Crippen molar-refractivity contribution in [2.24, 2.45) is 17.8 Å². The van der Waals surface area contributed by atoms with Crippen LogP contribution in [-0.2, 0) is 29.2 Å². The molecule has 0 spiro atoms. The lowest BCUT2D eigenvalue weighted by Gasteiger charge is -2.46. The van der Waals surface area contributed by atoms with Gasteiger partial charge in [-0.1, -0.05) is 23.7 Å². The lowest BCUT2D eigenvalue weighted by atomic mass is 9.84. The van der Waals surface area contributed by atoms with Gasteiger partial charge in [0, 0.05) is 50.7 Å². The molecule has 0 saturated carbocycles. The maximum Gasteiger partial charge on any atom is 0.242 e. The quantitative estimate of drug-likeness (QED) is 0.501. The van der Waals surface area contributed by atoms with Crippen LogP contribution in [0.1, 0.15) is 25.7 Å². The minimum absolute atomic E-state index is 0.00307. The van der Waals surface area contributed by atoms with Crippen LogP contribution in [0.15, 0.2) is 41.3 Å². The zero-order chi connectivity index (χ0) is 29.6. The second-order valence-electron chi connectivity index (χ2n) is 11.9. The molecule has 42 heavy (non-hydrogen) atoms. The number of carbonyl (C=O) groups is 4. The molecule has 13 heteroatoms. The number of likely N-dealkylation sites (tertiary alicyclic amines) is 3. The second-order valence-corrected chi connectivity index (χ2v) is 14.1. The average Bonchev–Trinajstić information content (AvgIpc) is 3.39. The molecule has 4 atom stereocenters. The summed E-state index contributed by atoms with van der Waals surface area (Å²) in [6.07, 6.45) is 2.09. The Morgan fingerprint density at radius 2 is 1.67 bits per heavy atom. The van der Waals surface area contributed by atoms with Gasteiger partial charge in [0.1, 0.15) is 6.04 Å². The summed E-state index contributed by atoms with van der Waals surface area (Å²) >= 11 is 6.04. The fourth-order valence-electron chi connectivity index (χ4n) is 6.79. The number of carbonyl (C=O) groups excluding carboxylic acids is 4. The van der Waals surface area contributed by atoms with Gasteiger partial charge in [-0.3, -0.25) is 19.2 Å². The third-order valence-corrected chi connectivity index (χ3v) is 10.5. The Kier molecular flexibility index (Phi) is 7.88. The highest BCUT2D eigenvalue weighted by molar-refractivity contribution is 7.89. The van der Waals surface area contributed by atoms with Crippen LogP contribution < -0.4 is 10.0 Å². The number of halogens is 1. The van der Waals surface area contributed by atoms with Crippen molar-refractivity contribution in [3.8, 4) is 0 Å². The summed E-state index contributed by atoms with van der Waals surface area (Å²) in [5.74, 6) is -0.688. The summed E-state index contributed by atoms with van der Waals surface area (Å²) in [6, 6.07) is 8.96. The van der Waals surface area contributed by atoms with Crippen LogP contribution in [0.25, 0.3) is 10.8 Å². The molecular formula is C29H34ClN5O6S. The lowest BCUT2D eigenvalue weighted by molar-refractivity contribution is -0.147. The molecule has 4 aliphatic heterocycles. The molecule has 11 nitrogen and oxygen atoms in total. The van der Waals surface area contributed by atoms with Crippen LogP contribution in [0.4, 0.5) is 0 Å². The van der Waals surface area contributed by atoms with Crippen molar-refractivity contribution in [2.45, 2.75) is 36.6 Å². The fourth-order valence-corrected chi connectivity index (χ4v) is 8.23. The largest absolute Gasteiger partial charge is 0.355 e. The first-order valence-corrected chi connectivity index (χ1v) is 16.3. The van der Waals surface area contributed by atoms with Gasteiger partial charge in [0.05, 0.1) is 17.4 Å². The summed E-state index contributed by atoms with van der Waals surface area (Å²) in [5, 5.41) is 4.80. The van der Waals surface area contributed by atoms with Crippen molar-refractivity contribution < 1.29 is 27.6 Å². The lowest BCUT2D eigenvalue weighted by Crippen LogP contribution is -2.59. The molecule has 4 amide bonds. The van der Waals surface area contributed by atoms with Crippen molar-refractivity contribution >= 4 is 56.0 Å². The van der Waals surface area contributed by atoms with Gasteiger partial charge >= 0.3 is 0 Å². The minimum atomic E-state index is -3.98. The number of rotatable bonds is 6. The van der Waals surface area contributed by atoms with Crippen molar-refractivity contribution in [1.82, 2.24) is 24.7 Å². The number of nitrogens with zero attached hydrogens (tertiary/aromatic N) is 3. The normalized spacial score (nSPS) is 26.5. The van der Waals surface area contributed by atoms with Crippen LogP contribution in [0.2, 0.25) is 5.02 Å². The van der Waals surface area contributed by atoms with Crippen molar-refractivity contribution in [3.05, 3.63) is 41.4 Å². The first kappa shape index (κ1) is 28.9. The van der Waals surface area contributed by atoms with Gasteiger partial charge in [0.25, 0.3) is 0 Å². The highest BCUT2D eigenvalue weighted by atomic mass is 35.5. The molecule has 6 rings (SSSR count). The predicted molar refractivity (Wildman–Crippen MR) is 155 cm³/mol. The summed E-state index contributed by atoms with van der Waals surface area (Å²) < 4.78 is 28.9. The predicted octanol–water partition coefficient (Wildman–Crippen LogP) is 1.21. The number of fused-ring (bicyclic) bond motifs is 3. The molecule has 0 aromatic heterocycles. The third kappa shape index (κ3) is 5.97. The Hall–Kier alpha value is -3.22. The number of benzene rings is 2. The molecule has 0 aliphatic carbocycles. The number of hydrogen-bond donors (Lipinski definition) is 2. The summed E-state index contributed by atoms with van der Waals surface area (Å²) in [4.78, 5) is 56.3. The summed E-state index contributed by atoms with van der Waals surface area (Å²) in [7, 11) is -3.98. The Morgan fingerprint density at radius 3 is 2.38 bits per heavy atom. The molecule has 2 aromatic carbocycles. The van der Waals surface area contributed by atoms with Crippen LogP contribution in [-0.4, -0.2) is 98.6 Å². The van der Waals surface area contributed by atoms with Gasteiger partial charge in [0.15, 0.2) is 0 Å². The minimum Gasteiger partial charge on any atom is -0.355 e. The molecule has 2 N–H and O–H groups in total. The highest BCUT2D eigenvalue weighted by Gasteiger charge is 2.41. The van der Waals surface area contributed by atoms with E-state index in [9.17, 15) is 27.6 Å². The van der Waals surface area contributed by atoms with E-state index in [0.717, 1.165) is 11.8 Å². The molecule has 4 fully saturated rings. The first-order chi connectivity index (χ1) is 20.1. The summed E-state index contributed by atoms with van der Waals surface area (Å²) in [5.41, 5.74) is 0. The van der Waals surface area contributed by atoms with Crippen molar-refractivity contribution in [3.63, 3.8) is 0 Å². The van der Waals surface area contributed by atoms with Crippen LogP contribution in [0, 0.1) is 17.8 Å². The van der Waals surface area contributed by atoms with E-state index in [1.807, 2.05) is 4.90 Å². The molecule has 3 unspecified atom stereocenters. The smallest absolute Gasteiger partial charge is 0.242 e. The topological polar surface area (TPSA) is 136 Å². The Bertz CT molecular complexity index is 1540. The Labute approximate surface area is 249 Å². The van der Waals surface area contributed by atoms with E-state index in [1.165, 1.54) is 11.0 Å². The van der Waals surface area contributed by atoms with Crippen molar-refractivity contribution in [2.75, 3.05) is 45.8 Å². The second kappa shape index (κ2) is 11.5. The van der Waals surface area contributed by atoms with Gasteiger partial charge in [-0.25, -0.2) is 8.42 Å². The van der Waals surface area contributed by atoms with Crippen LogP contribution in [0.3, 0.4) is 0 Å². The molecule has 0 radical (unpaired) electrons. The van der Waals surface area contributed by atoms with Gasteiger partial charge in [0.2, 0.25) is 33.7 Å². The van der Waals surface area contributed by atoms with Gasteiger partial charge in [-0.05, 0) is 66.1 Å². The SMILES string of the molecule is O=C1CC(C(=O)N2CC3CC(CN(C(=O)CN4CCC[C@H](NS(=O)(=O)c5ccc6cc(Cl)ccc6c5)C4=O)C3)C2)CN1. The van der Waals surface area contributed by atoms with Gasteiger partial charge < -0.3 is 20.0 Å². The zero-order valence-electron chi connectivity index (χ0n) is 23.1. The van der Waals surface area contributed by atoms with E-state index in [-0.39, 0.29) is 53.3 Å². The monoisotopic (exact) mass is 615 g/mol. The van der Waals surface area contributed by atoms with Crippen LogP contribution >= 0.6 is 11.6 Å². The molecule has 2 bridgehead atoms. The molecule has 4 heterocycles.